The normalized spacial score (nSPS) is 13.9. The van der Waals surface area contributed by atoms with Crippen LogP contribution in [0.4, 0.5) is 5.69 Å². The Morgan fingerprint density at radius 2 is 1.80 bits per heavy atom. The second-order valence-corrected chi connectivity index (χ2v) is 8.79. The molecule has 0 bridgehead atoms. The Morgan fingerprint density at radius 3 is 2.35 bits per heavy atom. The van der Waals surface area contributed by atoms with Crippen molar-refractivity contribution in [2.45, 2.75) is 13.0 Å². The Morgan fingerprint density at radius 1 is 1.15 bits per heavy atom. The summed E-state index contributed by atoms with van der Waals surface area (Å²) in [4.78, 5) is 0. The average molecular weight is 320 g/mol. The minimum atomic E-state index is -3.67. The summed E-state index contributed by atoms with van der Waals surface area (Å²) in [6, 6.07) is 7.08. The van der Waals surface area contributed by atoms with Gasteiger partial charge in [-0.2, -0.15) is 0 Å². The van der Waals surface area contributed by atoms with E-state index in [2.05, 4.69) is 10.0 Å². The van der Waals surface area contributed by atoms with Gasteiger partial charge in [0.1, 0.15) is 9.84 Å². The molecule has 8 heteroatoms. The van der Waals surface area contributed by atoms with E-state index in [0.717, 1.165) is 11.8 Å². The van der Waals surface area contributed by atoms with Crippen molar-refractivity contribution in [3.05, 3.63) is 29.8 Å². The third-order valence-electron chi connectivity index (χ3n) is 2.82. The number of hydrogen-bond donors (Lipinski definition) is 2. The van der Waals surface area contributed by atoms with Crippen molar-refractivity contribution < 1.29 is 16.8 Å². The number of nitrogens with one attached hydrogen (secondary N) is 2. The number of rotatable bonds is 7. The number of hydrogen-bond acceptors (Lipinski definition) is 5. The van der Waals surface area contributed by atoms with E-state index >= 15 is 0 Å². The fraction of sp³-hybridized carbons (Fsp3) is 0.500. The van der Waals surface area contributed by atoms with Crippen LogP contribution >= 0.6 is 0 Å². The van der Waals surface area contributed by atoms with Gasteiger partial charge in [-0.3, -0.25) is 4.72 Å². The van der Waals surface area contributed by atoms with Gasteiger partial charge in [-0.1, -0.05) is 12.1 Å². The molecule has 0 aliphatic carbocycles. The lowest BCUT2D eigenvalue weighted by Gasteiger charge is -2.13. The van der Waals surface area contributed by atoms with E-state index in [0.29, 0.717) is 5.69 Å². The summed E-state index contributed by atoms with van der Waals surface area (Å²) in [5, 5.41) is 3.06. The molecule has 1 atom stereocenters. The van der Waals surface area contributed by atoms with Crippen LogP contribution in [0.25, 0.3) is 0 Å². The van der Waals surface area contributed by atoms with Crippen molar-refractivity contribution in [2.24, 2.45) is 0 Å². The Kier molecular flexibility index (Phi) is 5.55. The molecule has 0 aromatic heterocycles. The van der Waals surface area contributed by atoms with Gasteiger partial charge in [-0.25, -0.2) is 16.8 Å². The van der Waals surface area contributed by atoms with Crippen LogP contribution in [0.1, 0.15) is 18.5 Å². The average Bonchev–Trinajstić information content (AvgIpc) is 2.35. The fourth-order valence-corrected chi connectivity index (χ4v) is 4.21. The van der Waals surface area contributed by atoms with Crippen LogP contribution < -0.4 is 10.0 Å². The van der Waals surface area contributed by atoms with E-state index in [1.54, 1.807) is 18.2 Å². The van der Waals surface area contributed by atoms with Crippen LogP contribution in [-0.2, 0) is 19.9 Å². The first-order chi connectivity index (χ1) is 9.13. The van der Waals surface area contributed by atoms with Crippen LogP contribution in [0.15, 0.2) is 24.3 Å². The molecule has 0 heterocycles. The molecule has 0 spiro atoms. The zero-order valence-corrected chi connectivity index (χ0v) is 13.4. The lowest BCUT2D eigenvalue weighted by atomic mass is 10.1. The summed E-state index contributed by atoms with van der Waals surface area (Å²) < 4.78 is 48.0. The molecular weight excluding hydrogens is 300 g/mol. The highest BCUT2D eigenvalue weighted by Gasteiger charge is 2.15. The van der Waals surface area contributed by atoms with Crippen LogP contribution in [0.2, 0.25) is 0 Å². The number of sulfone groups is 1. The molecule has 0 saturated carbocycles. The second-order valence-electron chi connectivity index (χ2n) is 4.69. The van der Waals surface area contributed by atoms with Crippen LogP contribution in [-0.4, -0.2) is 41.6 Å². The first-order valence-corrected chi connectivity index (χ1v) is 9.80. The molecular formula is C12H20N2O4S2. The molecule has 1 unspecified atom stereocenters. The van der Waals surface area contributed by atoms with Crippen LogP contribution in [0.5, 0.6) is 0 Å². The fourth-order valence-electron chi connectivity index (χ4n) is 1.53. The van der Waals surface area contributed by atoms with Crippen molar-refractivity contribution in [1.82, 2.24) is 5.32 Å². The van der Waals surface area contributed by atoms with Crippen molar-refractivity contribution in [3.63, 3.8) is 0 Å². The zero-order valence-electron chi connectivity index (χ0n) is 11.8. The molecule has 114 valence electrons. The summed E-state index contributed by atoms with van der Waals surface area (Å²) in [5.41, 5.74) is 1.37. The highest BCUT2D eigenvalue weighted by molar-refractivity contribution is 7.95. The van der Waals surface area contributed by atoms with E-state index in [1.165, 1.54) is 0 Å². The molecule has 1 aromatic rings. The van der Waals surface area contributed by atoms with Gasteiger partial charge in [0.15, 0.2) is 0 Å². The molecule has 1 aromatic carbocycles. The molecule has 0 saturated heterocycles. The van der Waals surface area contributed by atoms with Crippen molar-refractivity contribution >= 4 is 25.5 Å². The Hall–Kier alpha value is -1.12. The molecule has 0 radical (unpaired) electrons. The molecule has 0 amide bonds. The number of anilines is 1. The molecule has 6 nitrogen and oxygen atoms in total. The van der Waals surface area contributed by atoms with Crippen LogP contribution in [0.3, 0.4) is 0 Å². The molecule has 2 N–H and O–H groups in total. The van der Waals surface area contributed by atoms with E-state index in [9.17, 15) is 16.8 Å². The van der Waals surface area contributed by atoms with Crippen molar-refractivity contribution in [2.75, 3.05) is 29.5 Å². The first-order valence-electron chi connectivity index (χ1n) is 6.08. The maximum Gasteiger partial charge on any atom is 0.233 e. The molecule has 0 aliphatic heterocycles. The number of sulfonamides is 1. The first kappa shape index (κ1) is 16.9. The standard InChI is InChI=1S/C12H20N2O4S2/c1-10(13-2)11-5-4-6-12(9-11)14-20(17,18)8-7-19(3,15)16/h4-6,9-10,13-14H,7-8H2,1-3H3. The van der Waals surface area contributed by atoms with Gasteiger partial charge in [0.05, 0.1) is 11.5 Å². The Labute approximate surface area is 120 Å². The largest absolute Gasteiger partial charge is 0.313 e. The van der Waals surface area contributed by atoms with Gasteiger partial charge < -0.3 is 5.32 Å². The van der Waals surface area contributed by atoms with E-state index in [1.807, 2.05) is 20.0 Å². The molecule has 0 fully saturated rings. The van der Waals surface area contributed by atoms with Gasteiger partial charge >= 0.3 is 0 Å². The van der Waals surface area contributed by atoms with Gasteiger partial charge in [0.2, 0.25) is 10.0 Å². The van der Waals surface area contributed by atoms with Gasteiger partial charge in [0, 0.05) is 18.0 Å². The summed E-state index contributed by atoms with van der Waals surface area (Å²) in [6.07, 6.45) is 1.01. The molecule has 0 aliphatic rings. The molecule has 20 heavy (non-hydrogen) atoms. The second kappa shape index (κ2) is 6.55. The SMILES string of the molecule is CNC(C)c1cccc(NS(=O)(=O)CCS(C)(=O)=O)c1. The summed E-state index contributed by atoms with van der Waals surface area (Å²) >= 11 is 0. The quantitative estimate of drug-likeness (QED) is 0.773. The van der Waals surface area contributed by atoms with Crippen molar-refractivity contribution in [3.8, 4) is 0 Å². The number of benzene rings is 1. The summed E-state index contributed by atoms with van der Waals surface area (Å²) in [7, 11) is -5.16. The lowest BCUT2D eigenvalue weighted by Crippen LogP contribution is -2.22. The maximum absolute atomic E-state index is 11.8. The Balaban J connectivity index is 2.82. The van der Waals surface area contributed by atoms with Gasteiger partial charge in [-0.15, -0.1) is 0 Å². The monoisotopic (exact) mass is 320 g/mol. The highest BCUT2D eigenvalue weighted by atomic mass is 32.2. The third-order valence-corrected chi connectivity index (χ3v) is 5.31. The van der Waals surface area contributed by atoms with E-state index in [-0.39, 0.29) is 6.04 Å². The minimum absolute atomic E-state index is 0.0930. The maximum atomic E-state index is 11.8. The summed E-state index contributed by atoms with van der Waals surface area (Å²) in [5.74, 6) is -0.841. The topological polar surface area (TPSA) is 92.3 Å². The summed E-state index contributed by atoms with van der Waals surface area (Å²) in [6.45, 7) is 1.96. The third kappa shape index (κ3) is 5.89. The predicted octanol–water partition coefficient (Wildman–Crippen LogP) is 0.753. The van der Waals surface area contributed by atoms with Crippen LogP contribution in [0, 0.1) is 0 Å². The van der Waals surface area contributed by atoms with Gasteiger partial charge in [0.25, 0.3) is 0 Å². The predicted molar refractivity (Wildman–Crippen MR) is 81.0 cm³/mol. The molecule has 1 rings (SSSR count). The smallest absolute Gasteiger partial charge is 0.233 e. The Bertz CT molecular complexity index is 654. The van der Waals surface area contributed by atoms with Crippen molar-refractivity contribution in [1.29, 1.82) is 0 Å². The van der Waals surface area contributed by atoms with E-state index < -0.39 is 31.4 Å². The van der Waals surface area contributed by atoms with E-state index in [4.69, 9.17) is 0 Å². The lowest BCUT2D eigenvalue weighted by molar-refractivity contribution is 0.593. The highest BCUT2D eigenvalue weighted by Crippen LogP contribution is 2.18. The van der Waals surface area contributed by atoms with Gasteiger partial charge in [-0.05, 0) is 31.7 Å². The minimum Gasteiger partial charge on any atom is -0.313 e. The zero-order chi connectivity index (χ0) is 15.4.